The Morgan fingerprint density at radius 3 is 2.28 bits per heavy atom. The number of aliphatic hydroxyl groups excluding tert-OH is 3. The van der Waals surface area contributed by atoms with Crippen LogP contribution in [0.5, 0.6) is 17.2 Å². The van der Waals surface area contributed by atoms with Crippen LogP contribution in [-0.2, 0) is 16.1 Å². The van der Waals surface area contributed by atoms with Crippen LogP contribution in [0.4, 0.5) is 17.5 Å². The molecule has 0 unspecified atom stereocenters. The number of carbonyl (C=O) groups excluding carboxylic acids is 1. The predicted octanol–water partition coefficient (Wildman–Crippen LogP) is 0.135. The van der Waals surface area contributed by atoms with E-state index in [9.17, 15) is 9.90 Å². The zero-order valence-corrected chi connectivity index (χ0v) is 21.7. The summed E-state index contributed by atoms with van der Waals surface area (Å²) < 4.78 is 20.4. The quantitative estimate of drug-likeness (QED) is 0.207. The Balaban J connectivity index is 0.000000293. The summed E-state index contributed by atoms with van der Waals surface area (Å²) in [5.74, 6) is -0.980. The van der Waals surface area contributed by atoms with Crippen LogP contribution < -0.4 is 36.1 Å². The van der Waals surface area contributed by atoms with Gasteiger partial charge in [-0.2, -0.15) is 4.98 Å². The van der Waals surface area contributed by atoms with Crippen molar-refractivity contribution >= 4 is 34.3 Å². The number of anilines is 3. The molecule has 0 spiro atoms. The highest BCUT2D eigenvalue weighted by molar-refractivity contribution is 5.92. The Kier molecular flexibility index (Phi) is 9.06. The standard InChI is InChI=1S/C19H23N5O3.C6H8O6/c1-10-11(5-6-13-16(10)18(20)24-19(21)23-13)9-22-12-7-14(25-2)17(27-4)15(8-12)26-3;7-1-2(8)5-3(9)4(10)6(11)12-5/h5-8,22H,9H2,1-4H3,(H4,20,21,23,24);2,5,7-10H,1H2/p-1/t;2-,5+/m.0/s1. The van der Waals surface area contributed by atoms with Gasteiger partial charge in [0.15, 0.2) is 17.6 Å². The van der Waals surface area contributed by atoms with Gasteiger partial charge in [-0.25, -0.2) is 9.78 Å². The number of ether oxygens (including phenoxy) is 4. The number of hydrogen-bond acceptors (Lipinski definition) is 14. The van der Waals surface area contributed by atoms with Crippen molar-refractivity contribution in [3.05, 3.63) is 46.9 Å². The second-order valence-electron chi connectivity index (χ2n) is 8.27. The first-order chi connectivity index (χ1) is 18.6. The number of aliphatic hydroxyl groups is 3. The largest absolute Gasteiger partial charge is 0.865 e. The summed E-state index contributed by atoms with van der Waals surface area (Å²) in [6.07, 6.45) is -2.88. The van der Waals surface area contributed by atoms with Crippen molar-refractivity contribution < 1.29 is 44.2 Å². The highest BCUT2D eigenvalue weighted by Crippen LogP contribution is 2.40. The highest BCUT2D eigenvalue weighted by atomic mass is 16.6. The number of rotatable bonds is 8. The van der Waals surface area contributed by atoms with Crippen molar-refractivity contribution in [2.24, 2.45) is 0 Å². The molecule has 0 bridgehead atoms. The van der Waals surface area contributed by atoms with Crippen molar-refractivity contribution in [3.63, 3.8) is 0 Å². The average molecular weight is 545 g/mol. The summed E-state index contributed by atoms with van der Waals surface area (Å²) in [6.45, 7) is 1.87. The first-order valence-electron chi connectivity index (χ1n) is 11.5. The number of nitrogens with two attached hydrogens (primary N) is 2. The zero-order valence-electron chi connectivity index (χ0n) is 21.7. The average Bonchev–Trinajstić information content (AvgIpc) is 3.18. The van der Waals surface area contributed by atoms with Gasteiger partial charge in [0.2, 0.25) is 11.7 Å². The lowest BCUT2D eigenvalue weighted by Gasteiger charge is -2.16. The van der Waals surface area contributed by atoms with E-state index in [4.69, 9.17) is 41.0 Å². The second kappa shape index (κ2) is 12.2. The fourth-order valence-electron chi connectivity index (χ4n) is 3.87. The topological polar surface area (TPSA) is 228 Å². The van der Waals surface area contributed by atoms with Gasteiger partial charge in [-0.1, -0.05) is 6.07 Å². The monoisotopic (exact) mass is 544 g/mol. The van der Waals surface area contributed by atoms with Crippen LogP contribution in [0.3, 0.4) is 0 Å². The van der Waals surface area contributed by atoms with Crippen molar-refractivity contribution in [2.45, 2.75) is 25.7 Å². The minimum atomic E-state index is -1.46. The van der Waals surface area contributed by atoms with Crippen molar-refractivity contribution in [2.75, 3.05) is 44.7 Å². The summed E-state index contributed by atoms with van der Waals surface area (Å²) in [6, 6.07) is 7.60. The maximum absolute atomic E-state index is 10.6. The van der Waals surface area contributed by atoms with Crippen LogP contribution in [0.15, 0.2) is 35.8 Å². The third-order valence-electron chi connectivity index (χ3n) is 5.89. The van der Waals surface area contributed by atoms with Gasteiger partial charge >= 0.3 is 5.97 Å². The van der Waals surface area contributed by atoms with Crippen LogP contribution in [0.25, 0.3) is 10.9 Å². The number of nitrogens with zero attached hydrogens (tertiary/aromatic N) is 2. The lowest BCUT2D eigenvalue weighted by Crippen LogP contribution is -2.31. The van der Waals surface area contributed by atoms with Crippen molar-refractivity contribution in [3.8, 4) is 17.2 Å². The number of nitrogen functional groups attached to an aromatic ring is 2. The predicted molar refractivity (Wildman–Crippen MR) is 139 cm³/mol. The molecule has 4 rings (SSSR count). The fourth-order valence-corrected chi connectivity index (χ4v) is 3.87. The Morgan fingerprint density at radius 1 is 1.13 bits per heavy atom. The lowest BCUT2D eigenvalue weighted by atomic mass is 10.0. The van der Waals surface area contributed by atoms with Crippen LogP contribution in [0.1, 0.15) is 11.1 Å². The van der Waals surface area contributed by atoms with E-state index in [0.717, 1.165) is 27.7 Å². The number of carbonyl (C=O) groups is 1. The lowest BCUT2D eigenvalue weighted by molar-refractivity contribution is -0.303. The molecule has 2 aromatic carbocycles. The molecule has 0 radical (unpaired) electrons. The molecule has 0 fully saturated rings. The third kappa shape index (κ3) is 6.08. The van der Waals surface area contributed by atoms with Gasteiger partial charge < -0.3 is 56.2 Å². The molecule has 8 N–H and O–H groups in total. The van der Waals surface area contributed by atoms with Crippen molar-refractivity contribution in [1.29, 1.82) is 0 Å². The van der Waals surface area contributed by atoms with E-state index in [-0.39, 0.29) is 5.95 Å². The Labute approximate surface area is 223 Å². The van der Waals surface area contributed by atoms with Gasteiger partial charge in [-0.3, -0.25) is 0 Å². The summed E-state index contributed by atoms with van der Waals surface area (Å²) in [5.41, 5.74) is 15.4. The third-order valence-corrected chi connectivity index (χ3v) is 5.89. The van der Waals surface area contributed by atoms with E-state index in [1.54, 1.807) is 21.3 Å². The molecule has 1 aromatic heterocycles. The number of hydrogen-bond donors (Lipinski definition) is 6. The van der Waals surface area contributed by atoms with Gasteiger partial charge in [-0.15, -0.1) is 0 Å². The van der Waals surface area contributed by atoms with E-state index >= 15 is 0 Å². The van der Waals surface area contributed by atoms with E-state index in [0.29, 0.717) is 29.6 Å². The Morgan fingerprint density at radius 2 is 1.77 bits per heavy atom. The highest BCUT2D eigenvalue weighted by Gasteiger charge is 2.34. The van der Waals surface area contributed by atoms with Crippen LogP contribution in [0, 0.1) is 6.92 Å². The van der Waals surface area contributed by atoms with Gasteiger partial charge in [0.1, 0.15) is 17.7 Å². The van der Waals surface area contributed by atoms with Gasteiger partial charge in [0, 0.05) is 35.5 Å². The first-order valence-corrected chi connectivity index (χ1v) is 11.5. The van der Waals surface area contributed by atoms with Gasteiger partial charge in [-0.05, 0) is 24.1 Å². The van der Waals surface area contributed by atoms with Crippen molar-refractivity contribution in [1.82, 2.24) is 9.97 Å². The normalized spacial score (nSPS) is 15.3. The maximum Gasteiger partial charge on any atom is 0.327 e. The number of benzene rings is 2. The van der Waals surface area contributed by atoms with E-state index in [2.05, 4.69) is 20.0 Å². The van der Waals surface area contributed by atoms with Crippen LogP contribution >= 0.6 is 0 Å². The molecule has 0 amide bonds. The molecular formula is C25H30N5O9-. The minimum absolute atomic E-state index is 0.169. The molecule has 14 nitrogen and oxygen atoms in total. The molecule has 2 atom stereocenters. The molecule has 0 aliphatic carbocycles. The fraction of sp³-hybridized carbons (Fsp3) is 0.320. The number of esters is 1. The molecule has 3 aromatic rings. The van der Waals surface area contributed by atoms with Crippen LogP contribution in [-0.4, -0.2) is 71.4 Å². The number of methoxy groups -OCH3 is 3. The van der Waals surface area contributed by atoms with E-state index < -0.39 is 36.3 Å². The van der Waals surface area contributed by atoms with E-state index in [1.165, 1.54) is 0 Å². The Bertz CT molecular complexity index is 1370. The molecule has 39 heavy (non-hydrogen) atoms. The molecule has 0 saturated carbocycles. The Hall–Kier alpha value is -4.69. The molecule has 1 aliphatic rings. The maximum atomic E-state index is 10.6. The van der Waals surface area contributed by atoms with E-state index in [1.807, 2.05) is 31.2 Å². The summed E-state index contributed by atoms with van der Waals surface area (Å²) in [5, 5.41) is 41.0. The number of nitrogens with one attached hydrogen (secondary N) is 1. The SMILES string of the molecule is COc1cc(NCc2ccc3nc(N)nc(N)c3c2C)cc(OC)c1OC.O=C1O[C@H]([C@@H](O)CO)C(O)=C1[O-]. The molecule has 14 heteroatoms. The molecule has 210 valence electrons. The smallest absolute Gasteiger partial charge is 0.327 e. The first kappa shape index (κ1) is 28.9. The number of aryl methyl sites for hydroxylation is 1. The minimum Gasteiger partial charge on any atom is -0.865 e. The van der Waals surface area contributed by atoms with Gasteiger partial charge in [0.25, 0.3) is 0 Å². The summed E-state index contributed by atoms with van der Waals surface area (Å²) in [7, 11) is 4.75. The zero-order chi connectivity index (χ0) is 28.9. The summed E-state index contributed by atoms with van der Waals surface area (Å²) in [4.78, 5) is 18.8. The number of aromatic nitrogens is 2. The van der Waals surface area contributed by atoms with Crippen LogP contribution in [0.2, 0.25) is 0 Å². The molecule has 1 aliphatic heterocycles. The second-order valence-corrected chi connectivity index (χ2v) is 8.27. The number of cyclic esters (lactones) is 1. The summed E-state index contributed by atoms with van der Waals surface area (Å²) >= 11 is 0. The number of fused-ring (bicyclic) bond motifs is 1. The molecule has 0 saturated heterocycles. The van der Waals surface area contributed by atoms with Gasteiger partial charge in [0.05, 0.1) is 33.5 Å². The molecular weight excluding hydrogens is 514 g/mol. The molecule has 2 heterocycles.